The number of ether oxygens (including phenoxy) is 3. The number of esters is 1. The molecule has 5 rings (SSSR count). The Kier molecular flexibility index (Phi) is 7.62. The zero-order chi connectivity index (χ0) is 27.7. The number of likely N-dealkylation sites (N-methyl/N-ethyl adjacent to an activating group) is 1. The number of hydrogen-bond donors (Lipinski definition) is 0. The smallest absolute Gasteiger partial charge is 0.338 e. The summed E-state index contributed by atoms with van der Waals surface area (Å²) in [6.45, 7) is 7.36. The second kappa shape index (κ2) is 11.1. The molecule has 0 spiro atoms. The van der Waals surface area contributed by atoms with Crippen molar-refractivity contribution in [2.75, 3.05) is 59.0 Å². The van der Waals surface area contributed by atoms with Crippen molar-refractivity contribution < 1.29 is 23.4 Å². The van der Waals surface area contributed by atoms with E-state index >= 15 is 0 Å². The van der Waals surface area contributed by atoms with Crippen LogP contribution in [0.5, 0.6) is 11.5 Å². The largest absolute Gasteiger partial charge is 0.497 e. The van der Waals surface area contributed by atoms with Crippen molar-refractivity contribution in [2.24, 2.45) is 4.99 Å². The number of allylic oxidation sites excluding steroid dienone is 1. The number of nitrogens with zero attached hydrogens (tertiary/aromatic N) is 4. The molecule has 0 saturated carbocycles. The molecule has 0 radical (unpaired) electrons. The minimum atomic E-state index is -0.815. The van der Waals surface area contributed by atoms with Crippen LogP contribution >= 0.6 is 11.3 Å². The summed E-state index contributed by atoms with van der Waals surface area (Å²) in [6, 6.07) is 8.27. The maximum Gasteiger partial charge on any atom is 0.338 e. The minimum Gasteiger partial charge on any atom is -0.497 e. The number of carbonyl (C=O) groups excluding carboxylic acids is 1. The van der Waals surface area contributed by atoms with E-state index in [2.05, 4.69) is 21.8 Å². The average Bonchev–Trinajstić information content (AvgIpc) is 3.52. The third-order valence-electron chi connectivity index (χ3n) is 6.95. The van der Waals surface area contributed by atoms with E-state index in [4.69, 9.17) is 18.6 Å². The highest BCUT2D eigenvalue weighted by Gasteiger charge is 2.35. The summed E-state index contributed by atoms with van der Waals surface area (Å²) in [5.74, 6) is 1.89. The Morgan fingerprint density at radius 1 is 1.15 bits per heavy atom. The van der Waals surface area contributed by atoms with Crippen LogP contribution in [-0.2, 0) is 9.53 Å². The van der Waals surface area contributed by atoms with Crippen molar-refractivity contribution in [2.45, 2.75) is 19.9 Å². The molecule has 2 aliphatic rings. The number of piperazine rings is 1. The molecule has 1 fully saturated rings. The van der Waals surface area contributed by atoms with Gasteiger partial charge in [0, 0.05) is 43.9 Å². The van der Waals surface area contributed by atoms with E-state index in [0.29, 0.717) is 37.9 Å². The molecule has 1 atom stereocenters. The predicted molar refractivity (Wildman–Crippen MR) is 148 cm³/mol. The standard InChI is InChI=1S/C28H32N4O6S/c1-6-37-27(34)24-17(2)29-28-32(25(24)20-15-18(35-4)7-9-21(20)36-5)26(33)22(39-28)16-19-8-10-23(38-19)31-13-11-30(3)12-14-31/h7-10,15-16,25H,6,11-14H2,1-5H3/b22-16+/t25-/m0/s1. The van der Waals surface area contributed by atoms with E-state index in [1.165, 1.54) is 15.9 Å². The molecule has 1 aromatic carbocycles. The lowest BCUT2D eigenvalue weighted by Crippen LogP contribution is -2.44. The molecule has 2 aromatic heterocycles. The van der Waals surface area contributed by atoms with Gasteiger partial charge in [0.15, 0.2) is 10.7 Å². The lowest BCUT2D eigenvalue weighted by molar-refractivity contribution is -0.139. The molecule has 0 N–H and O–H groups in total. The van der Waals surface area contributed by atoms with Gasteiger partial charge in [0.25, 0.3) is 5.56 Å². The molecule has 0 amide bonds. The SMILES string of the molecule is CCOC(=O)C1=C(C)N=c2s/c(=C/c3ccc(N4CCN(C)CC4)o3)c(=O)n2[C@H]1c1cc(OC)ccc1OC. The molecule has 11 heteroatoms. The van der Waals surface area contributed by atoms with Gasteiger partial charge in [-0.25, -0.2) is 9.79 Å². The maximum atomic E-state index is 13.9. The van der Waals surface area contributed by atoms with Gasteiger partial charge >= 0.3 is 5.97 Å². The van der Waals surface area contributed by atoms with Crippen LogP contribution in [0.4, 0.5) is 5.88 Å². The van der Waals surface area contributed by atoms with Gasteiger partial charge in [0.1, 0.15) is 23.3 Å². The van der Waals surface area contributed by atoms with E-state index < -0.39 is 12.0 Å². The summed E-state index contributed by atoms with van der Waals surface area (Å²) in [4.78, 5) is 36.7. The molecule has 0 bridgehead atoms. The van der Waals surface area contributed by atoms with Crippen LogP contribution in [0, 0.1) is 0 Å². The quantitative estimate of drug-likeness (QED) is 0.412. The summed E-state index contributed by atoms with van der Waals surface area (Å²) in [5, 5.41) is 0. The molecule has 4 heterocycles. The Hall–Kier alpha value is -3.83. The average molecular weight is 553 g/mol. The van der Waals surface area contributed by atoms with Gasteiger partial charge in [-0.2, -0.15) is 0 Å². The van der Waals surface area contributed by atoms with E-state index in [1.807, 2.05) is 12.1 Å². The zero-order valence-corrected chi connectivity index (χ0v) is 23.5. The lowest BCUT2D eigenvalue weighted by Gasteiger charge is -2.32. The monoisotopic (exact) mass is 552 g/mol. The number of benzene rings is 1. The first-order valence-corrected chi connectivity index (χ1v) is 13.6. The maximum absolute atomic E-state index is 13.9. The van der Waals surface area contributed by atoms with Crippen molar-refractivity contribution in [3.63, 3.8) is 0 Å². The fourth-order valence-electron chi connectivity index (χ4n) is 4.88. The molecule has 3 aromatic rings. The van der Waals surface area contributed by atoms with Crippen molar-refractivity contribution >= 4 is 29.3 Å². The molecule has 206 valence electrons. The topological polar surface area (TPSA) is 98.7 Å². The number of aromatic nitrogens is 1. The van der Waals surface area contributed by atoms with Crippen molar-refractivity contribution in [1.29, 1.82) is 0 Å². The second-order valence-electron chi connectivity index (χ2n) is 9.38. The fraction of sp³-hybridized carbons (Fsp3) is 0.393. The van der Waals surface area contributed by atoms with Gasteiger partial charge in [-0.15, -0.1) is 0 Å². The van der Waals surface area contributed by atoms with Gasteiger partial charge in [-0.05, 0) is 45.2 Å². The molecule has 10 nitrogen and oxygen atoms in total. The Labute approximate surface area is 230 Å². The number of hydrogen-bond acceptors (Lipinski definition) is 10. The van der Waals surface area contributed by atoms with Crippen LogP contribution < -0.4 is 29.3 Å². The molecule has 39 heavy (non-hydrogen) atoms. The highest BCUT2D eigenvalue weighted by atomic mass is 32.1. The van der Waals surface area contributed by atoms with Crippen LogP contribution in [0.1, 0.15) is 31.2 Å². The summed E-state index contributed by atoms with van der Waals surface area (Å²) in [7, 11) is 5.21. The fourth-order valence-corrected chi connectivity index (χ4v) is 5.91. The van der Waals surface area contributed by atoms with Gasteiger partial charge in [-0.3, -0.25) is 9.36 Å². The minimum absolute atomic E-state index is 0.191. The number of anilines is 1. The van der Waals surface area contributed by atoms with Crippen molar-refractivity contribution in [1.82, 2.24) is 9.47 Å². The first-order chi connectivity index (χ1) is 18.8. The Morgan fingerprint density at radius 3 is 2.62 bits per heavy atom. The molecular formula is C28H32N4O6S. The van der Waals surface area contributed by atoms with E-state index in [0.717, 1.165) is 32.1 Å². The van der Waals surface area contributed by atoms with E-state index in [-0.39, 0.29) is 17.7 Å². The van der Waals surface area contributed by atoms with Gasteiger partial charge in [0.05, 0.1) is 36.6 Å². The van der Waals surface area contributed by atoms with Gasteiger partial charge in [-0.1, -0.05) is 11.3 Å². The van der Waals surface area contributed by atoms with Crippen LogP contribution in [-0.4, -0.2) is 69.5 Å². The van der Waals surface area contributed by atoms with Crippen LogP contribution in [0.25, 0.3) is 6.08 Å². The summed E-state index contributed by atoms with van der Waals surface area (Å²) < 4.78 is 24.5. The summed E-state index contributed by atoms with van der Waals surface area (Å²) in [6.07, 6.45) is 1.73. The Morgan fingerprint density at radius 2 is 1.92 bits per heavy atom. The van der Waals surface area contributed by atoms with Crippen LogP contribution in [0.3, 0.4) is 0 Å². The van der Waals surface area contributed by atoms with Crippen molar-refractivity contribution in [3.05, 3.63) is 72.6 Å². The number of methoxy groups -OCH3 is 2. The first kappa shape index (κ1) is 26.8. The first-order valence-electron chi connectivity index (χ1n) is 12.8. The summed E-state index contributed by atoms with van der Waals surface area (Å²) in [5.41, 5.74) is 1.06. The van der Waals surface area contributed by atoms with E-state index in [1.54, 1.807) is 52.3 Å². The van der Waals surface area contributed by atoms with Gasteiger partial charge in [0.2, 0.25) is 0 Å². The third-order valence-corrected chi connectivity index (χ3v) is 7.93. The molecule has 1 saturated heterocycles. The van der Waals surface area contributed by atoms with Gasteiger partial charge < -0.3 is 28.4 Å². The lowest BCUT2D eigenvalue weighted by atomic mass is 9.95. The van der Waals surface area contributed by atoms with E-state index in [9.17, 15) is 9.59 Å². The number of furan rings is 1. The number of fused-ring (bicyclic) bond motifs is 1. The third kappa shape index (κ3) is 5.11. The highest BCUT2D eigenvalue weighted by molar-refractivity contribution is 7.07. The highest BCUT2D eigenvalue weighted by Crippen LogP contribution is 2.37. The number of thiazole rings is 1. The van der Waals surface area contributed by atoms with Crippen LogP contribution in [0.2, 0.25) is 0 Å². The predicted octanol–water partition coefficient (Wildman–Crippen LogP) is 2.16. The molecule has 0 aliphatic carbocycles. The number of rotatable bonds is 7. The summed E-state index contributed by atoms with van der Waals surface area (Å²) >= 11 is 1.24. The van der Waals surface area contributed by atoms with Crippen molar-refractivity contribution in [3.8, 4) is 11.5 Å². The molecule has 2 aliphatic heterocycles. The van der Waals surface area contributed by atoms with Crippen LogP contribution in [0.15, 0.2) is 55.8 Å². The number of carbonyl (C=O) groups is 1. The zero-order valence-electron chi connectivity index (χ0n) is 22.7. The Balaban J connectivity index is 1.63. The normalized spacial score (nSPS) is 18.1. The second-order valence-corrected chi connectivity index (χ2v) is 10.4. The molecule has 0 unspecified atom stereocenters. The Bertz CT molecular complexity index is 1590. The molecular weight excluding hydrogens is 520 g/mol.